The van der Waals surface area contributed by atoms with E-state index in [1.807, 2.05) is 30.9 Å². The molecule has 0 aromatic carbocycles. The van der Waals surface area contributed by atoms with Gasteiger partial charge in [-0.2, -0.15) is 0 Å². The van der Waals surface area contributed by atoms with E-state index in [0.29, 0.717) is 12.6 Å². The van der Waals surface area contributed by atoms with E-state index < -0.39 is 0 Å². The molecule has 0 aromatic heterocycles. The maximum atomic E-state index is 11.9. The summed E-state index contributed by atoms with van der Waals surface area (Å²) in [6.45, 7) is 9.35. The molecule has 0 spiro atoms. The molecule has 4 nitrogen and oxygen atoms in total. The zero-order valence-electron chi connectivity index (χ0n) is 11.2. The average Bonchev–Trinajstić information content (AvgIpc) is 2.17. The summed E-state index contributed by atoms with van der Waals surface area (Å²) in [4.78, 5) is 15.9. The predicted molar refractivity (Wildman–Crippen MR) is 68.4 cm³/mol. The van der Waals surface area contributed by atoms with Crippen LogP contribution in [0.3, 0.4) is 0 Å². The van der Waals surface area contributed by atoms with Crippen LogP contribution in [0.5, 0.6) is 0 Å². The minimum Gasteiger partial charge on any atom is -0.353 e. The summed E-state index contributed by atoms with van der Waals surface area (Å²) in [6.07, 6.45) is 1.69. The first-order valence-corrected chi connectivity index (χ1v) is 5.67. The second kappa shape index (κ2) is 7.41. The molecular formula is C12H25N3O. The molecule has 0 aliphatic carbocycles. The molecule has 1 amide bonds. The predicted octanol–water partition coefficient (Wildman–Crippen LogP) is 0.559. The molecule has 0 saturated heterocycles. The summed E-state index contributed by atoms with van der Waals surface area (Å²) in [5, 5.41) is 2.91. The molecule has 0 heterocycles. The molecule has 0 fully saturated rings. The topological polar surface area (TPSA) is 35.6 Å². The fraction of sp³-hybridized carbons (Fsp3) is 0.750. The maximum Gasteiger partial charge on any atom is 0.241 e. The first kappa shape index (κ1) is 15.1. The molecule has 0 saturated carbocycles. The Morgan fingerprint density at radius 3 is 2.31 bits per heavy atom. The minimum absolute atomic E-state index is 0.0213. The Labute approximate surface area is 99.3 Å². The van der Waals surface area contributed by atoms with Gasteiger partial charge in [-0.1, -0.05) is 6.08 Å². The van der Waals surface area contributed by atoms with Gasteiger partial charge < -0.3 is 10.2 Å². The molecule has 0 rings (SSSR count). The van der Waals surface area contributed by atoms with Crippen molar-refractivity contribution < 1.29 is 4.79 Å². The second-order valence-corrected chi connectivity index (χ2v) is 4.53. The SMILES string of the molecule is C=C[C@H](C(=O)NCCN(C)C)N(C)C(C)C. The van der Waals surface area contributed by atoms with Crippen molar-refractivity contribution in [2.45, 2.75) is 25.9 Å². The number of likely N-dealkylation sites (N-methyl/N-ethyl adjacent to an activating group) is 2. The van der Waals surface area contributed by atoms with E-state index in [0.717, 1.165) is 6.54 Å². The number of carbonyl (C=O) groups excluding carboxylic acids is 1. The van der Waals surface area contributed by atoms with E-state index in [9.17, 15) is 4.79 Å². The highest BCUT2D eigenvalue weighted by Gasteiger charge is 2.21. The molecule has 4 heteroatoms. The van der Waals surface area contributed by atoms with Crippen molar-refractivity contribution in [3.8, 4) is 0 Å². The first-order valence-electron chi connectivity index (χ1n) is 5.67. The van der Waals surface area contributed by atoms with Crippen LogP contribution in [0.2, 0.25) is 0 Å². The van der Waals surface area contributed by atoms with Crippen LogP contribution in [-0.2, 0) is 4.79 Å². The molecule has 0 aromatic rings. The lowest BCUT2D eigenvalue weighted by molar-refractivity contribution is -0.124. The molecule has 1 atom stereocenters. The zero-order chi connectivity index (χ0) is 12.7. The number of nitrogens with one attached hydrogen (secondary N) is 1. The molecule has 0 unspecified atom stereocenters. The van der Waals surface area contributed by atoms with Crippen molar-refractivity contribution in [3.63, 3.8) is 0 Å². The molecule has 1 N–H and O–H groups in total. The Morgan fingerprint density at radius 1 is 1.38 bits per heavy atom. The van der Waals surface area contributed by atoms with Gasteiger partial charge >= 0.3 is 0 Å². The van der Waals surface area contributed by atoms with Crippen molar-refractivity contribution in [2.24, 2.45) is 0 Å². The van der Waals surface area contributed by atoms with Gasteiger partial charge in [0.05, 0.1) is 0 Å². The highest BCUT2D eigenvalue weighted by molar-refractivity contribution is 5.83. The summed E-state index contributed by atoms with van der Waals surface area (Å²) in [5.74, 6) is 0.0213. The molecule has 0 aliphatic rings. The highest BCUT2D eigenvalue weighted by Crippen LogP contribution is 2.03. The zero-order valence-corrected chi connectivity index (χ0v) is 11.2. The Kier molecular flexibility index (Phi) is 7.01. The molecule has 0 aliphatic heterocycles. The van der Waals surface area contributed by atoms with Gasteiger partial charge in [0.2, 0.25) is 5.91 Å². The van der Waals surface area contributed by atoms with Gasteiger partial charge in [0.15, 0.2) is 0 Å². The van der Waals surface area contributed by atoms with Crippen LogP contribution in [0.15, 0.2) is 12.7 Å². The van der Waals surface area contributed by atoms with Crippen molar-refractivity contribution in [1.29, 1.82) is 0 Å². The van der Waals surface area contributed by atoms with Gasteiger partial charge in [-0.15, -0.1) is 6.58 Å². The lowest BCUT2D eigenvalue weighted by Crippen LogP contribution is -2.47. The summed E-state index contributed by atoms with van der Waals surface area (Å²) in [7, 11) is 5.90. The van der Waals surface area contributed by atoms with Crippen molar-refractivity contribution in [1.82, 2.24) is 15.1 Å². The Balaban J connectivity index is 4.16. The lowest BCUT2D eigenvalue weighted by atomic mass is 10.2. The lowest BCUT2D eigenvalue weighted by Gasteiger charge is -2.28. The van der Waals surface area contributed by atoms with Crippen LogP contribution in [-0.4, -0.2) is 62.0 Å². The van der Waals surface area contributed by atoms with Gasteiger partial charge in [0.1, 0.15) is 6.04 Å². The summed E-state index contributed by atoms with van der Waals surface area (Å²) >= 11 is 0. The first-order chi connectivity index (χ1) is 7.40. The molecular weight excluding hydrogens is 202 g/mol. The largest absolute Gasteiger partial charge is 0.353 e. The smallest absolute Gasteiger partial charge is 0.241 e. The Hall–Kier alpha value is -0.870. The van der Waals surface area contributed by atoms with Crippen LogP contribution in [0.4, 0.5) is 0 Å². The van der Waals surface area contributed by atoms with Gasteiger partial charge in [-0.05, 0) is 35.0 Å². The van der Waals surface area contributed by atoms with Crippen LogP contribution in [0, 0.1) is 0 Å². The van der Waals surface area contributed by atoms with Crippen molar-refractivity contribution in [2.75, 3.05) is 34.2 Å². The van der Waals surface area contributed by atoms with E-state index in [1.54, 1.807) is 6.08 Å². The Morgan fingerprint density at radius 2 is 1.94 bits per heavy atom. The Bertz CT molecular complexity index is 226. The summed E-state index contributed by atoms with van der Waals surface area (Å²) < 4.78 is 0. The van der Waals surface area contributed by atoms with Gasteiger partial charge in [-0.25, -0.2) is 0 Å². The second-order valence-electron chi connectivity index (χ2n) is 4.53. The van der Waals surface area contributed by atoms with Crippen LogP contribution in [0.25, 0.3) is 0 Å². The average molecular weight is 227 g/mol. The molecule has 94 valence electrons. The van der Waals surface area contributed by atoms with Gasteiger partial charge in [-0.3, -0.25) is 9.69 Å². The minimum atomic E-state index is -0.248. The summed E-state index contributed by atoms with van der Waals surface area (Å²) in [5.41, 5.74) is 0. The monoisotopic (exact) mass is 227 g/mol. The molecule has 0 bridgehead atoms. The third-order valence-electron chi connectivity index (χ3n) is 2.60. The normalized spacial score (nSPS) is 13.2. The van der Waals surface area contributed by atoms with E-state index in [2.05, 4.69) is 25.7 Å². The number of hydrogen-bond donors (Lipinski definition) is 1. The summed E-state index contributed by atoms with van der Waals surface area (Å²) in [6, 6.07) is 0.0739. The van der Waals surface area contributed by atoms with Crippen LogP contribution in [0.1, 0.15) is 13.8 Å². The van der Waals surface area contributed by atoms with Crippen molar-refractivity contribution in [3.05, 3.63) is 12.7 Å². The standard InChI is InChI=1S/C12H25N3O/c1-7-11(15(6)10(2)3)12(16)13-8-9-14(4)5/h7,10-11H,1,8-9H2,2-6H3,(H,13,16)/t11-/m1/s1. The fourth-order valence-corrected chi connectivity index (χ4v) is 1.29. The van der Waals surface area contributed by atoms with Crippen molar-refractivity contribution >= 4 is 5.91 Å². The number of nitrogens with zero attached hydrogens (tertiary/aromatic N) is 2. The fourth-order valence-electron chi connectivity index (χ4n) is 1.29. The molecule has 16 heavy (non-hydrogen) atoms. The van der Waals surface area contributed by atoms with E-state index in [-0.39, 0.29) is 11.9 Å². The van der Waals surface area contributed by atoms with E-state index >= 15 is 0 Å². The quantitative estimate of drug-likeness (QED) is 0.646. The number of hydrogen-bond acceptors (Lipinski definition) is 3. The third kappa shape index (κ3) is 5.28. The number of rotatable bonds is 7. The highest BCUT2D eigenvalue weighted by atomic mass is 16.2. The molecule has 0 radical (unpaired) electrons. The van der Waals surface area contributed by atoms with Crippen LogP contribution >= 0.6 is 0 Å². The van der Waals surface area contributed by atoms with E-state index in [4.69, 9.17) is 0 Å². The van der Waals surface area contributed by atoms with Crippen LogP contribution < -0.4 is 5.32 Å². The number of amides is 1. The third-order valence-corrected chi connectivity index (χ3v) is 2.60. The van der Waals surface area contributed by atoms with Gasteiger partial charge in [0, 0.05) is 19.1 Å². The van der Waals surface area contributed by atoms with E-state index in [1.165, 1.54) is 0 Å². The van der Waals surface area contributed by atoms with Gasteiger partial charge in [0.25, 0.3) is 0 Å². The maximum absolute atomic E-state index is 11.9. The number of carbonyl (C=O) groups is 1.